The van der Waals surface area contributed by atoms with Crippen molar-refractivity contribution in [1.82, 2.24) is 4.98 Å². The van der Waals surface area contributed by atoms with Crippen LogP contribution in [0.15, 0.2) is 12.1 Å². The van der Waals surface area contributed by atoms with Crippen LogP contribution in [-0.4, -0.2) is 24.2 Å². The quantitative estimate of drug-likeness (QED) is 0.783. The van der Waals surface area contributed by atoms with E-state index in [1.165, 1.54) is 5.56 Å². The van der Waals surface area contributed by atoms with Gasteiger partial charge in [0.2, 0.25) is 5.88 Å². The van der Waals surface area contributed by atoms with Crippen LogP contribution < -0.4 is 9.64 Å². The maximum atomic E-state index is 5.18. The molecule has 0 radical (unpaired) electrons. The summed E-state index contributed by atoms with van der Waals surface area (Å²) >= 11 is 0. The van der Waals surface area contributed by atoms with E-state index in [0.717, 1.165) is 5.82 Å². The lowest BCUT2D eigenvalue weighted by molar-refractivity contribution is 0.397. The minimum atomic E-state index is 0.429. The van der Waals surface area contributed by atoms with E-state index in [1.807, 2.05) is 6.07 Å². The Hall–Kier alpha value is -1.25. The molecule has 0 fully saturated rings. The van der Waals surface area contributed by atoms with Crippen molar-refractivity contribution >= 4 is 5.82 Å². The standard InChI is InChI=1S/C13H22N2O/c1-9(2)15(10(3)4)13-11(5)7-8-12(14-13)16-6/h7-10H,1-6H3. The van der Waals surface area contributed by atoms with Crippen LogP contribution in [0.3, 0.4) is 0 Å². The molecule has 0 aliphatic carbocycles. The Morgan fingerprint density at radius 2 is 1.69 bits per heavy atom. The van der Waals surface area contributed by atoms with E-state index in [4.69, 9.17) is 4.74 Å². The molecular formula is C13H22N2O. The molecule has 0 N–H and O–H groups in total. The van der Waals surface area contributed by atoms with Crippen molar-refractivity contribution in [2.45, 2.75) is 46.7 Å². The van der Waals surface area contributed by atoms with Gasteiger partial charge in [-0.3, -0.25) is 0 Å². The third-order valence-corrected chi connectivity index (χ3v) is 2.61. The fraction of sp³-hybridized carbons (Fsp3) is 0.615. The zero-order chi connectivity index (χ0) is 12.3. The van der Waals surface area contributed by atoms with Gasteiger partial charge in [-0.1, -0.05) is 6.07 Å². The third kappa shape index (κ3) is 2.65. The highest BCUT2D eigenvalue weighted by atomic mass is 16.5. The van der Waals surface area contributed by atoms with Crippen LogP contribution in [0, 0.1) is 6.92 Å². The molecule has 1 aromatic heterocycles. The van der Waals surface area contributed by atoms with Crippen LogP contribution >= 0.6 is 0 Å². The SMILES string of the molecule is COc1ccc(C)c(N(C(C)C)C(C)C)n1. The van der Waals surface area contributed by atoms with Gasteiger partial charge in [-0.25, -0.2) is 0 Å². The number of pyridine rings is 1. The molecule has 0 saturated heterocycles. The number of aryl methyl sites for hydroxylation is 1. The second-order valence-electron chi connectivity index (χ2n) is 4.59. The highest BCUT2D eigenvalue weighted by Gasteiger charge is 2.18. The van der Waals surface area contributed by atoms with E-state index >= 15 is 0 Å². The summed E-state index contributed by atoms with van der Waals surface area (Å²) in [7, 11) is 1.65. The van der Waals surface area contributed by atoms with Crippen LogP contribution in [0.1, 0.15) is 33.3 Å². The smallest absolute Gasteiger partial charge is 0.214 e. The van der Waals surface area contributed by atoms with E-state index in [1.54, 1.807) is 7.11 Å². The Morgan fingerprint density at radius 3 is 2.12 bits per heavy atom. The number of rotatable bonds is 4. The van der Waals surface area contributed by atoms with Gasteiger partial charge in [-0.2, -0.15) is 4.98 Å². The summed E-state index contributed by atoms with van der Waals surface area (Å²) in [4.78, 5) is 6.84. The molecule has 0 amide bonds. The first-order valence-electron chi connectivity index (χ1n) is 5.77. The summed E-state index contributed by atoms with van der Waals surface area (Å²) in [6.07, 6.45) is 0. The predicted octanol–water partition coefficient (Wildman–Crippen LogP) is 3.02. The highest BCUT2D eigenvalue weighted by molar-refractivity contribution is 5.49. The van der Waals surface area contributed by atoms with Gasteiger partial charge in [-0.05, 0) is 40.2 Å². The van der Waals surface area contributed by atoms with Crippen molar-refractivity contribution in [2.75, 3.05) is 12.0 Å². The number of methoxy groups -OCH3 is 1. The molecule has 1 aromatic rings. The number of aromatic nitrogens is 1. The van der Waals surface area contributed by atoms with Crippen molar-refractivity contribution in [3.63, 3.8) is 0 Å². The number of hydrogen-bond donors (Lipinski definition) is 0. The summed E-state index contributed by atoms with van der Waals surface area (Å²) in [5.74, 6) is 1.69. The Morgan fingerprint density at radius 1 is 1.12 bits per heavy atom. The lowest BCUT2D eigenvalue weighted by Gasteiger charge is -2.33. The Kier molecular flexibility index (Phi) is 4.16. The highest BCUT2D eigenvalue weighted by Crippen LogP contribution is 2.24. The van der Waals surface area contributed by atoms with Gasteiger partial charge >= 0.3 is 0 Å². The van der Waals surface area contributed by atoms with E-state index in [0.29, 0.717) is 18.0 Å². The van der Waals surface area contributed by atoms with Gasteiger partial charge in [0.25, 0.3) is 0 Å². The fourth-order valence-corrected chi connectivity index (χ4v) is 1.96. The van der Waals surface area contributed by atoms with Crippen LogP contribution in [0.4, 0.5) is 5.82 Å². The molecule has 0 unspecified atom stereocenters. The van der Waals surface area contributed by atoms with Gasteiger partial charge < -0.3 is 9.64 Å². The van der Waals surface area contributed by atoms with Gasteiger partial charge in [0.15, 0.2) is 0 Å². The molecule has 0 bridgehead atoms. The molecule has 3 nitrogen and oxygen atoms in total. The average molecular weight is 222 g/mol. The zero-order valence-electron chi connectivity index (χ0n) is 11.1. The summed E-state index contributed by atoms with van der Waals surface area (Å²) in [5, 5.41) is 0. The van der Waals surface area contributed by atoms with E-state index < -0.39 is 0 Å². The molecule has 0 atom stereocenters. The zero-order valence-corrected chi connectivity index (χ0v) is 11.1. The van der Waals surface area contributed by atoms with Crippen molar-refractivity contribution < 1.29 is 4.74 Å². The maximum absolute atomic E-state index is 5.18. The predicted molar refractivity (Wildman–Crippen MR) is 68.3 cm³/mol. The van der Waals surface area contributed by atoms with Gasteiger partial charge in [0.1, 0.15) is 5.82 Å². The van der Waals surface area contributed by atoms with Crippen LogP contribution in [-0.2, 0) is 0 Å². The number of ether oxygens (including phenoxy) is 1. The van der Waals surface area contributed by atoms with Crippen LogP contribution in [0.5, 0.6) is 5.88 Å². The average Bonchev–Trinajstić information content (AvgIpc) is 2.20. The molecule has 3 heteroatoms. The Bertz CT molecular complexity index is 340. The van der Waals surface area contributed by atoms with Crippen LogP contribution in [0.25, 0.3) is 0 Å². The maximum Gasteiger partial charge on any atom is 0.214 e. The molecule has 1 rings (SSSR count). The topological polar surface area (TPSA) is 25.4 Å². The lowest BCUT2D eigenvalue weighted by atomic mass is 10.2. The molecule has 16 heavy (non-hydrogen) atoms. The molecule has 0 aliphatic rings. The largest absolute Gasteiger partial charge is 0.481 e. The first-order chi connectivity index (χ1) is 7.47. The summed E-state index contributed by atoms with van der Waals surface area (Å²) < 4.78 is 5.18. The molecule has 1 heterocycles. The van der Waals surface area contributed by atoms with Crippen LogP contribution in [0.2, 0.25) is 0 Å². The van der Waals surface area contributed by atoms with E-state index in [9.17, 15) is 0 Å². The molecule has 0 spiro atoms. The normalized spacial score (nSPS) is 11.0. The van der Waals surface area contributed by atoms with Gasteiger partial charge in [0, 0.05) is 18.2 Å². The van der Waals surface area contributed by atoms with Gasteiger partial charge in [-0.15, -0.1) is 0 Å². The van der Waals surface area contributed by atoms with Gasteiger partial charge in [0.05, 0.1) is 7.11 Å². The summed E-state index contributed by atoms with van der Waals surface area (Å²) in [5.41, 5.74) is 1.18. The molecule has 0 saturated carbocycles. The summed E-state index contributed by atoms with van der Waals surface area (Å²) in [6, 6.07) is 4.81. The molecule has 90 valence electrons. The number of nitrogens with zero attached hydrogens (tertiary/aromatic N) is 2. The second-order valence-corrected chi connectivity index (χ2v) is 4.59. The molecular weight excluding hydrogens is 200 g/mol. The Labute approximate surface area is 98.4 Å². The lowest BCUT2D eigenvalue weighted by Crippen LogP contribution is -2.38. The fourth-order valence-electron chi connectivity index (χ4n) is 1.96. The minimum absolute atomic E-state index is 0.429. The third-order valence-electron chi connectivity index (χ3n) is 2.61. The van der Waals surface area contributed by atoms with E-state index in [2.05, 4.69) is 50.6 Å². The monoisotopic (exact) mass is 222 g/mol. The van der Waals surface area contributed by atoms with Crippen molar-refractivity contribution in [2.24, 2.45) is 0 Å². The van der Waals surface area contributed by atoms with Crippen molar-refractivity contribution in [1.29, 1.82) is 0 Å². The second kappa shape index (κ2) is 5.19. The van der Waals surface area contributed by atoms with Crippen molar-refractivity contribution in [3.05, 3.63) is 17.7 Å². The minimum Gasteiger partial charge on any atom is -0.481 e. The Balaban J connectivity index is 3.17. The summed E-state index contributed by atoms with van der Waals surface area (Å²) in [6.45, 7) is 10.8. The number of hydrogen-bond acceptors (Lipinski definition) is 3. The molecule has 0 aromatic carbocycles. The van der Waals surface area contributed by atoms with E-state index in [-0.39, 0.29) is 0 Å². The first-order valence-corrected chi connectivity index (χ1v) is 5.77. The number of anilines is 1. The molecule has 0 aliphatic heterocycles. The van der Waals surface area contributed by atoms with Crippen molar-refractivity contribution in [3.8, 4) is 5.88 Å². The first kappa shape index (κ1) is 12.8.